The molecule has 3 nitrogen and oxygen atoms in total. The van der Waals surface area contributed by atoms with Crippen molar-refractivity contribution in [1.82, 2.24) is 4.90 Å². The van der Waals surface area contributed by atoms with Crippen LogP contribution in [0.4, 0.5) is 0 Å². The molecule has 0 aromatic carbocycles. The van der Waals surface area contributed by atoms with E-state index in [0.717, 1.165) is 24.9 Å². The van der Waals surface area contributed by atoms with E-state index in [2.05, 4.69) is 0 Å². The van der Waals surface area contributed by atoms with Gasteiger partial charge in [-0.2, -0.15) is 0 Å². The average molecular weight is 181 g/mol. The van der Waals surface area contributed by atoms with Gasteiger partial charge in [-0.25, -0.2) is 0 Å². The smallest absolute Gasteiger partial charge is 0.223 e. The van der Waals surface area contributed by atoms with E-state index in [4.69, 9.17) is 0 Å². The molecule has 1 heterocycles. The number of likely N-dealkylation sites (tertiary alicyclic amines) is 1. The number of piperidine rings is 1. The number of hydrogen-bond acceptors (Lipinski definition) is 2. The van der Waals surface area contributed by atoms with Crippen LogP contribution in [0.25, 0.3) is 0 Å². The Bertz CT molecular complexity index is 239. The quantitative estimate of drug-likeness (QED) is 0.646. The third kappa shape index (κ3) is 1.90. The monoisotopic (exact) mass is 181 g/mol. The molecule has 1 amide bonds. The second-order valence-electron chi connectivity index (χ2n) is 4.26. The Hall–Kier alpha value is -0.860. The minimum atomic E-state index is 0.109. The zero-order valence-corrected chi connectivity index (χ0v) is 7.95. The van der Waals surface area contributed by atoms with Gasteiger partial charge in [-0.05, 0) is 25.2 Å². The topological polar surface area (TPSA) is 37.4 Å². The number of nitrogens with zero attached hydrogens (tertiary/aromatic N) is 1. The van der Waals surface area contributed by atoms with E-state index < -0.39 is 0 Å². The Balaban J connectivity index is 1.74. The van der Waals surface area contributed by atoms with Crippen molar-refractivity contribution < 1.29 is 9.59 Å². The van der Waals surface area contributed by atoms with Crippen molar-refractivity contribution in [3.63, 3.8) is 0 Å². The summed E-state index contributed by atoms with van der Waals surface area (Å²) < 4.78 is 0. The summed E-state index contributed by atoms with van der Waals surface area (Å²) >= 11 is 0. The van der Waals surface area contributed by atoms with Gasteiger partial charge >= 0.3 is 0 Å². The van der Waals surface area contributed by atoms with Crippen molar-refractivity contribution >= 4 is 11.7 Å². The summed E-state index contributed by atoms with van der Waals surface area (Å²) in [4.78, 5) is 24.1. The van der Waals surface area contributed by atoms with Crippen LogP contribution in [0.5, 0.6) is 0 Å². The number of amides is 1. The van der Waals surface area contributed by atoms with E-state index in [1.807, 2.05) is 4.90 Å². The van der Waals surface area contributed by atoms with E-state index in [9.17, 15) is 9.59 Å². The molecule has 3 heteroatoms. The molecular formula is C10H15NO2. The van der Waals surface area contributed by atoms with Crippen molar-refractivity contribution in [2.45, 2.75) is 26.2 Å². The normalized spacial score (nSPS) is 30.1. The Kier molecular flexibility index (Phi) is 2.10. The largest absolute Gasteiger partial charge is 0.342 e. The average Bonchev–Trinajstić information content (AvgIpc) is 2.69. The second-order valence-corrected chi connectivity index (χ2v) is 4.26. The van der Waals surface area contributed by atoms with E-state index >= 15 is 0 Å². The fourth-order valence-corrected chi connectivity index (χ4v) is 2.04. The molecular weight excluding hydrogens is 166 g/mol. The van der Waals surface area contributed by atoms with Gasteiger partial charge in [-0.15, -0.1) is 0 Å². The van der Waals surface area contributed by atoms with Crippen molar-refractivity contribution in [3.05, 3.63) is 0 Å². The number of rotatable bonds is 3. The molecule has 0 N–H and O–H groups in total. The van der Waals surface area contributed by atoms with E-state index in [1.165, 1.54) is 13.3 Å². The van der Waals surface area contributed by atoms with Crippen molar-refractivity contribution in [2.75, 3.05) is 13.1 Å². The van der Waals surface area contributed by atoms with Crippen molar-refractivity contribution in [1.29, 1.82) is 0 Å². The van der Waals surface area contributed by atoms with Gasteiger partial charge in [-0.1, -0.05) is 0 Å². The lowest BCUT2D eigenvalue weighted by atomic mass is 10.2. The molecule has 2 rings (SSSR count). The lowest BCUT2D eigenvalue weighted by molar-refractivity contribution is -0.132. The van der Waals surface area contributed by atoms with Gasteiger partial charge in [0.25, 0.3) is 0 Å². The second kappa shape index (κ2) is 3.13. The van der Waals surface area contributed by atoms with E-state index in [0.29, 0.717) is 12.8 Å². The zero-order chi connectivity index (χ0) is 9.42. The van der Waals surface area contributed by atoms with Crippen LogP contribution in [0.15, 0.2) is 0 Å². The van der Waals surface area contributed by atoms with Crippen LogP contribution in [-0.2, 0) is 9.59 Å². The van der Waals surface area contributed by atoms with Crippen LogP contribution in [-0.4, -0.2) is 29.7 Å². The lowest BCUT2D eigenvalue weighted by Crippen LogP contribution is -2.30. The SMILES string of the molecule is CC(=O)CCC(=O)N1CC2CC2C1. The number of fused-ring (bicyclic) bond motifs is 1. The molecule has 2 unspecified atom stereocenters. The van der Waals surface area contributed by atoms with Crippen LogP contribution in [0, 0.1) is 11.8 Å². The summed E-state index contributed by atoms with van der Waals surface area (Å²) in [5.74, 6) is 1.86. The number of carbonyl (C=O) groups excluding carboxylic acids is 2. The fourth-order valence-electron chi connectivity index (χ4n) is 2.04. The van der Waals surface area contributed by atoms with E-state index in [1.54, 1.807) is 0 Å². The molecule has 0 aromatic rings. The number of carbonyl (C=O) groups is 2. The highest BCUT2D eigenvalue weighted by Gasteiger charge is 2.46. The predicted octanol–water partition coefficient (Wildman–Crippen LogP) is 0.834. The molecule has 2 aliphatic rings. The van der Waals surface area contributed by atoms with Gasteiger partial charge in [0.1, 0.15) is 5.78 Å². The summed E-state index contributed by atoms with van der Waals surface area (Å²) in [5, 5.41) is 0. The molecule has 0 bridgehead atoms. The Morgan fingerprint density at radius 1 is 1.23 bits per heavy atom. The molecule has 1 saturated carbocycles. The summed E-state index contributed by atoms with van der Waals surface area (Å²) in [6.07, 6.45) is 2.13. The van der Waals surface area contributed by atoms with Crippen LogP contribution < -0.4 is 0 Å². The van der Waals surface area contributed by atoms with Crippen LogP contribution in [0.1, 0.15) is 26.2 Å². The third-order valence-corrected chi connectivity index (χ3v) is 3.02. The minimum absolute atomic E-state index is 0.109. The van der Waals surface area contributed by atoms with Crippen LogP contribution >= 0.6 is 0 Å². The lowest BCUT2D eigenvalue weighted by Gasteiger charge is -2.17. The van der Waals surface area contributed by atoms with Gasteiger partial charge in [0, 0.05) is 25.9 Å². The van der Waals surface area contributed by atoms with Crippen molar-refractivity contribution in [2.24, 2.45) is 11.8 Å². The third-order valence-electron chi connectivity index (χ3n) is 3.02. The molecule has 13 heavy (non-hydrogen) atoms. The molecule has 72 valence electrons. The summed E-state index contributed by atoms with van der Waals surface area (Å²) in [6.45, 7) is 3.43. The maximum atomic E-state index is 11.5. The zero-order valence-electron chi connectivity index (χ0n) is 7.95. The maximum absolute atomic E-state index is 11.5. The highest BCUT2D eigenvalue weighted by molar-refractivity contribution is 5.83. The molecule has 2 atom stereocenters. The van der Waals surface area contributed by atoms with Gasteiger partial charge in [0.05, 0.1) is 0 Å². The first-order valence-corrected chi connectivity index (χ1v) is 4.94. The standard InChI is InChI=1S/C10H15NO2/c1-7(12)2-3-10(13)11-5-8-4-9(8)6-11/h8-9H,2-6H2,1H3. The van der Waals surface area contributed by atoms with Crippen LogP contribution in [0.2, 0.25) is 0 Å². The summed E-state index contributed by atoms with van der Waals surface area (Å²) in [6, 6.07) is 0. The maximum Gasteiger partial charge on any atom is 0.223 e. The number of Topliss-reactive ketones (excluding diaryl/α,β-unsaturated/α-hetero) is 1. The Morgan fingerprint density at radius 3 is 2.38 bits per heavy atom. The highest BCUT2D eigenvalue weighted by atomic mass is 16.2. The molecule has 0 spiro atoms. The summed E-state index contributed by atoms with van der Waals surface area (Å²) in [5.41, 5.74) is 0. The molecule has 0 aromatic heterocycles. The Morgan fingerprint density at radius 2 is 1.85 bits per heavy atom. The molecule has 1 saturated heterocycles. The minimum Gasteiger partial charge on any atom is -0.342 e. The fraction of sp³-hybridized carbons (Fsp3) is 0.800. The van der Waals surface area contributed by atoms with Crippen molar-refractivity contribution in [3.8, 4) is 0 Å². The first-order chi connectivity index (χ1) is 6.16. The first kappa shape index (κ1) is 8.73. The predicted molar refractivity (Wildman–Crippen MR) is 48.1 cm³/mol. The van der Waals surface area contributed by atoms with Gasteiger partial charge in [0.15, 0.2) is 0 Å². The first-order valence-electron chi connectivity index (χ1n) is 4.94. The van der Waals surface area contributed by atoms with E-state index in [-0.39, 0.29) is 11.7 Å². The molecule has 0 radical (unpaired) electrons. The number of ketones is 1. The molecule has 1 aliphatic carbocycles. The van der Waals surface area contributed by atoms with Gasteiger partial charge in [-0.3, -0.25) is 4.79 Å². The Labute approximate surface area is 78.1 Å². The highest BCUT2D eigenvalue weighted by Crippen LogP contribution is 2.44. The summed E-state index contributed by atoms with van der Waals surface area (Å²) in [7, 11) is 0. The van der Waals surface area contributed by atoms with Gasteiger partial charge < -0.3 is 9.69 Å². The molecule has 1 aliphatic heterocycles. The molecule has 2 fully saturated rings. The number of hydrogen-bond donors (Lipinski definition) is 0. The van der Waals surface area contributed by atoms with Crippen LogP contribution in [0.3, 0.4) is 0 Å². The van der Waals surface area contributed by atoms with Gasteiger partial charge in [0.2, 0.25) is 5.91 Å².